The Morgan fingerprint density at radius 1 is 0.245 bits per heavy atom. The summed E-state index contributed by atoms with van der Waals surface area (Å²) in [7, 11) is 0. The topological polar surface area (TPSA) is 663 Å². The summed E-state index contributed by atoms with van der Waals surface area (Å²) in [5.41, 5.74) is 5.36. The Hall–Kier alpha value is -2.25. The van der Waals surface area contributed by atoms with Crippen molar-refractivity contribution in [2.75, 3.05) is 158 Å². The lowest BCUT2D eigenvalue weighted by Gasteiger charge is -2.50. The van der Waals surface area contributed by atoms with E-state index in [9.17, 15) is 107 Å². The van der Waals surface area contributed by atoms with Crippen LogP contribution in [0.2, 0.25) is 0 Å². The van der Waals surface area contributed by atoms with E-state index in [0.29, 0.717) is 79.2 Å². The zero-order valence-electron chi connectivity index (χ0n) is 57.8. The number of ether oxygens (including phenoxy) is 22. The van der Waals surface area contributed by atoms with Gasteiger partial charge in [-0.05, 0) is 0 Å². The number of nitrogens with two attached hydrogens (primary N) is 1. The number of carbonyl (C=O) groups excluding carboxylic acids is 1. The SMILES string of the molecule is NCCOCCOCCOCCOCCOCCOCCOCCOCCC(=O)NCC1OC2OC3C(CO)OC(OC4C(CO)OC(OC5C(CO)OC(OC6C(CO)OC(OC7C(CO)OC(OC8C(CO)OC(OC1C(O)C2O)C(O)C8O)C(O)C7O)C(O)C6O)C(O)C5O)C(O)C4O)C(O)C3O. The quantitative estimate of drug-likeness (QED) is 0.0266. The number of rotatable bonds is 34. The molecule has 106 heavy (non-hydrogen) atoms. The Bertz CT molecular complexity index is 2420. The molecular weight excluding hydrogens is 1450 g/mol. The van der Waals surface area contributed by atoms with Crippen molar-refractivity contribution in [1.29, 1.82) is 0 Å². The van der Waals surface area contributed by atoms with E-state index in [0.717, 1.165) is 0 Å². The van der Waals surface area contributed by atoms with Crippen LogP contribution in [-0.4, -0.2) is 481 Å². The van der Waals surface area contributed by atoms with Crippen LogP contribution in [0.1, 0.15) is 6.42 Å². The van der Waals surface area contributed by atoms with Gasteiger partial charge >= 0.3 is 0 Å². The molecule has 0 aromatic heterocycles. The van der Waals surface area contributed by atoms with Gasteiger partial charge in [0.2, 0.25) is 5.91 Å². The minimum absolute atomic E-state index is 0.0462. The van der Waals surface area contributed by atoms with Crippen LogP contribution in [0.15, 0.2) is 0 Å². The molecule has 21 fully saturated rings. The number of hydrogen-bond donors (Lipinski definition) is 22. The monoisotopic (exact) mass is 1560 g/mol. The third kappa shape index (κ3) is 23.5. The van der Waals surface area contributed by atoms with Gasteiger partial charge in [-0.2, -0.15) is 0 Å². The number of hydrogen-bond acceptors (Lipinski definition) is 44. The van der Waals surface area contributed by atoms with Crippen molar-refractivity contribution in [2.45, 2.75) is 221 Å². The first-order valence-electron chi connectivity index (χ1n) is 35.0. The first-order valence-corrected chi connectivity index (χ1v) is 35.0. The summed E-state index contributed by atoms with van der Waals surface area (Å²) in [5.74, 6) is -0.703. The van der Waals surface area contributed by atoms with Gasteiger partial charge in [0, 0.05) is 19.5 Å². The van der Waals surface area contributed by atoms with Gasteiger partial charge in [0.1, 0.15) is 171 Å². The van der Waals surface area contributed by atoms with Crippen LogP contribution in [0.3, 0.4) is 0 Å². The van der Waals surface area contributed by atoms with Gasteiger partial charge in [0.15, 0.2) is 44.0 Å². The van der Waals surface area contributed by atoms with Gasteiger partial charge in [-0.25, -0.2) is 0 Å². The summed E-state index contributed by atoms with van der Waals surface area (Å²) < 4.78 is 125. The summed E-state index contributed by atoms with van der Waals surface area (Å²) in [4.78, 5) is 13.4. The van der Waals surface area contributed by atoms with Crippen molar-refractivity contribution in [1.82, 2.24) is 5.32 Å². The molecule has 23 N–H and O–H groups in total. The summed E-state index contributed by atoms with van der Waals surface area (Å²) in [5, 5.41) is 227. The highest BCUT2D eigenvalue weighted by Crippen LogP contribution is 2.39. The Morgan fingerprint density at radius 3 is 0.604 bits per heavy atom. The second-order valence-electron chi connectivity index (χ2n) is 25.7. The highest BCUT2D eigenvalue weighted by Gasteiger charge is 2.60. The van der Waals surface area contributed by atoms with Crippen molar-refractivity contribution in [3.05, 3.63) is 0 Å². The first kappa shape index (κ1) is 89.3. The molecule has 1 amide bonds. The van der Waals surface area contributed by atoms with E-state index in [4.69, 9.17) is 110 Å². The third-order valence-electron chi connectivity index (χ3n) is 18.4. The van der Waals surface area contributed by atoms with Gasteiger partial charge < -0.3 is 217 Å². The second kappa shape index (κ2) is 45.0. The molecule has 45 heteroatoms. The van der Waals surface area contributed by atoms with Gasteiger partial charge in [-0.3, -0.25) is 4.79 Å². The summed E-state index contributed by atoms with van der Waals surface area (Å²) in [6, 6.07) is 0. The van der Waals surface area contributed by atoms with Crippen molar-refractivity contribution >= 4 is 5.91 Å². The van der Waals surface area contributed by atoms with E-state index >= 15 is 0 Å². The van der Waals surface area contributed by atoms with Crippen molar-refractivity contribution in [2.24, 2.45) is 5.73 Å². The lowest BCUT2D eigenvalue weighted by molar-refractivity contribution is -0.396. The molecule has 21 rings (SSSR count). The average molecular weight is 1560 g/mol. The predicted molar refractivity (Wildman–Crippen MR) is 335 cm³/mol. The fourth-order valence-electron chi connectivity index (χ4n) is 12.6. The zero-order valence-corrected chi connectivity index (χ0v) is 57.8. The Morgan fingerprint density at radius 2 is 0.415 bits per heavy atom. The first-order chi connectivity index (χ1) is 51.0. The Kier molecular flexibility index (Phi) is 37.9. The molecule has 0 aromatic rings. The average Bonchev–Trinajstić information content (AvgIpc) is 0.779. The molecule has 45 nitrogen and oxygen atoms in total. The number of nitrogens with one attached hydrogen (secondary N) is 1. The van der Waals surface area contributed by atoms with E-state index in [1.54, 1.807) is 0 Å². The zero-order chi connectivity index (χ0) is 76.7. The van der Waals surface area contributed by atoms with Crippen molar-refractivity contribution < 1.29 is 211 Å². The number of carbonyl (C=O) groups is 1. The summed E-state index contributed by atoms with van der Waals surface area (Å²) in [6.07, 6.45) is -72.2. The molecule has 620 valence electrons. The van der Waals surface area contributed by atoms with Gasteiger partial charge in [0.05, 0.1) is 145 Å². The molecular formula is C61H108N2O43. The molecule has 0 spiro atoms. The maximum atomic E-state index is 13.4. The van der Waals surface area contributed by atoms with Crippen LogP contribution in [0.5, 0.6) is 0 Å². The maximum absolute atomic E-state index is 13.4. The second-order valence-corrected chi connectivity index (χ2v) is 25.7. The van der Waals surface area contributed by atoms with E-state index in [1.165, 1.54) is 0 Å². The molecule has 14 bridgehead atoms. The fourth-order valence-corrected chi connectivity index (χ4v) is 12.6. The molecule has 21 heterocycles. The Labute approximate surface area is 606 Å². The standard InChI is InChI=1S/C61H108N2O43/c62-2-4-86-6-8-88-10-12-90-14-16-92-18-17-91-15-13-89-11-9-87-7-5-85-3-1-33(70)63-19-26-48-34(71)41(78)55(93-26)101-49-27(20-64)95-57(43(80)36(49)73)103-51-29(22-66)97-59(45(82)38(51)75)105-53-31(24-68)99-61(47(84)40(53)77)106-54-32(25-69)98-60(46(83)39(54)76)104-52-30(23-67)96-58(44(81)37(52)74)102-50-28(21-65)94-56(100-48)42(79)35(50)72/h26-32,34-61,64-69,71-84H,1-25,62H2,(H,63,70). The minimum atomic E-state index is -2.28. The van der Waals surface area contributed by atoms with Crippen molar-refractivity contribution in [3.8, 4) is 0 Å². The van der Waals surface area contributed by atoms with Gasteiger partial charge in [-0.15, -0.1) is 0 Å². The molecule has 0 saturated carbocycles. The highest BCUT2D eigenvalue weighted by atomic mass is 16.8. The molecule has 35 unspecified atom stereocenters. The predicted octanol–water partition coefficient (Wildman–Crippen LogP) is -15.6. The van der Waals surface area contributed by atoms with E-state index in [1.807, 2.05) is 0 Å². The van der Waals surface area contributed by atoms with Crippen LogP contribution < -0.4 is 11.1 Å². The molecule has 0 aliphatic carbocycles. The molecule has 0 radical (unpaired) electrons. The Balaban J connectivity index is 0.914. The summed E-state index contributed by atoms with van der Waals surface area (Å²) in [6.45, 7) is -1.86. The van der Waals surface area contributed by atoms with E-state index in [-0.39, 0.29) is 39.5 Å². The fraction of sp³-hybridized carbons (Fsp3) is 0.984. The summed E-state index contributed by atoms with van der Waals surface area (Å²) >= 11 is 0. The highest BCUT2D eigenvalue weighted by molar-refractivity contribution is 5.76. The van der Waals surface area contributed by atoms with Gasteiger partial charge in [-0.1, -0.05) is 0 Å². The van der Waals surface area contributed by atoms with Crippen molar-refractivity contribution in [3.63, 3.8) is 0 Å². The van der Waals surface area contributed by atoms with Gasteiger partial charge in [0.25, 0.3) is 0 Å². The van der Waals surface area contributed by atoms with Crippen LogP contribution in [0, 0.1) is 0 Å². The normalized spacial score (nSPS) is 43.4. The lowest BCUT2D eigenvalue weighted by atomic mass is 9.95. The van der Waals surface area contributed by atoms with E-state index in [2.05, 4.69) is 5.32 Å². The van der Waals surface area contributed by atoms with Crippen LogP contribution in [0.4, 0.5) is 0 Å². The lowest BCUT2D eigenvalue weighted by Crippen LogP contribution is -2.68. The molecule has 0 aromatic carbocycles. The molecule has 21 aliphatic rings. The largest absolute Gasteiger partial charge is 0.394 e. The van der Waals surface area contributed by atoms with Crippen LogP contribution >= 0.6 is 0 Å². The number of aliphatic hydroxyl groups is 20. The number of amides is 1. The smallest absolute Gasteiger partial charge is 0.222 e. The van der Waals surface area contributed by atoms with E-state index < -0.39 is 267 Å². The van der Waals surface area contributed by atoms with Crippen LogP contribution in [-0.2, 0) is 109 Å². The molecule has 21 saturated heterocycles. The third-order valence-corrected chi connectivity index (χ3v) is 18.4. The minimum Gasteiger partial charge on any atom is -0.394 e. The van der Waals surface area contributed by atoms with Crippen LogP contribution in [0.25, 0.3) is 0 Å². The maximum Gasteiger partial charge on any atom is 0.222 e. The molecule has 21 aliphatic heterocycles. The number of aliphatic hydroxyl groups excluding tert-OH is 20. The molecule has 35 atom stereocenters.